The quantitative estimate of drug-likeness (QED) is 0.602. The first-order valence-electron chi connectivity index (χ1n) is 11.4. The molecule has 1 aliphatic heterocycles. The molecule has 0 spiro atoms. The van der Waals surface area contributed by atoms with Crippen LogP contribution < -0.4 is 10.6 Å². The van der Waals surface area contributed by atoms with Crippen LogP contribution in [-0.2, 0) is 19.1 Å². The summed E-state index contributed by atoms with van der Waals surface area (Å²) >= 11 is 0. The van der Waals surface area contributed by atoms with Gasteiger partial charge in [0.05, 0.1) is 6.04 Å². The Balaban J connectivity index is 1.38. The summed E-state index contributed by atoms with van der Waals surface area (Å²) in [5, 5.41) is 14.8. The van der Waals surface area contributed by atoms with Crippen LogP contribution in [0.1, 0.15) is 44.2 Å². The number of nitrogens with one attached hydrogen (secondary N) is 2. The molecule has 2 amide bonds. The number of benzene rings is 2. The second-order valence-electron chi connectivity index (χ2n) is 9.80. The monoisotopic (exact) mass is 466 g/mol. The van der Waals surface area contributed by atoms with Gasteiger partial charge in [-0.3, -0.25) is 4.79 Å². The van der Waals surface area contributed by atoms with Crippen LogP contribution in [-0.4, -0.2) is 54.5 Å². The number of aliphatic carboxylic acids is 1. The van der Waals surface area contributed by atoms with Crippen molar-refractivity contribution in [3.63, 3.8) is 0 Å². The molecule has 1 fully saturated rings. The van der Waals surface area contributed by atoms with Crippen molar-refractivity contribution in [1.82, 2.24) is 10.6 Å². The summed E-state index contributed by atoms with van der Waals surface area (Å²) in [6.45, 7) is 5.63. The van der Waals surface area contributed by atoms with Crippen LogP contribution in [0, 0.1) is 5.41 Å². The minimum atomic E-state index is -1.13. The number of hydrogen-bond donors (Lipinski definition) is 3. The topological polar surface area (TPSA) is 114 Å². The second-order valence-corrected chi connectivity index (χ2v) is 9.80. The maximum absolute atomic E-state index is 12.7. The Hall–Kier alpha value is -3.39. The number of carboxylic acids is 1. The largest absolute Gasteiger partial charge is 0.480 e. The number of hydrogen-bond acceptors (Lipinski definition) is 5. The number of fused-ring (bicyclic) bond motifs is 3. The summed E-state index contributed by atoms with van der Waals surface area (Å²) in [4.78, 5) is 37.0. The molecule has 0 bridgehead atoms. The van der Waals surface area contributed by atoms with Crippen LogP contribution in [0.3, 0.4) is 0 Å². The highest BCUT2D eigenvalue weighted by Gasteiger charge is 2.40. The first-order chi connectivity index (χ1) is 16.2. The van der Waals surface area contributed by atoms with E-state index < -0.39 is 41.6 Å². The highest BCUT2D eigenvalue weighted by Crippen LogP contribution is 2.44. The molecule has 2 aromatic carbocycles. The van der Waals surface area contributed by atoms with Crippen LogP contribution in [0.2, 0.25) is 0 Å². The van der Waals surface area contributed by atoms with E-state index in [0.29, 0.717) is 6.42 Å². The van der Waals surface area contributed by atoms with E-state index in [1.165, 1.54) is 0 Å². The smallest absolute Gasteiger partial charge is 0.407 e. The van der Waals surface area contributed by atoms with Crippen molar-refractivity contribution in [2.24, 2.45) is 5.41 Å². The zero-order chi connectivity index (χ0) is 24.5. The summed E-state index contributed by atoms with van der Waals surface area (Å²) in [5.41, 5.74) is 3.81. The summed E-state index contributed by atoms with van der Waals surface area (Å²) < 4.78 is 11.1. The molecule has 8 heteroatoms. The van der Waals surface area contributed by atoms with Crippen molar-refractivity contribution in [2.45, 2.75) is 51.3 Å². The molecule has 2 aliphatic rings. The van der Waals surface area contributed by atoms with Gasteiger partial charge in [-0.2, -0.15) is 0 Å². The third-order valence-electron chi connectivity index (χ3n) is 6.40. The van der Waals surface area contributed by atoms with Crippen molar-refractivity contribution in [3.05, 3.63) is 59.7 Å². The molecule has 2 aromatic rings. The summed E-state index contributed by atoms with van der Waals surface area (Å²) in [5.74, 6) is -1.76. The van der Waals surface area contributed by atoms with Crippen LogP contribution in [0.5, 0.6) is 0 Å². The van der Waals surface area contributed by atoms with Crippen LogP contribution in [0.15, 0.2) is 48.5 Å². The fraction of sp³-hybridized carbons (Fsp3) is 0.423. The molecule has 1 aliphatic carbocycles. The molecule has 2 unspecified atom stereocenters. The predicted octanol–water partition coefficient (Wildman–Crippen LogP) is 3.30. The normalized spacial score (nSPS) is 20.2. The van der Waals surface area contributed by atoms with E-state index in [0.717, 1.165) is 22.3 Å². The van der Waals surface area contributed by atoms with Gasteiger partial charge in [0.1, 0.15) is 12.6 Å². The number of carbonyl (C=O) groups is 3. The lowest BCUT2D eigenvalue weighted by Gasteiger charge is -2.29. The lowest BCUT2D eigenvalue weighted by Crippen LogP contribution is -2.55. The van der Waals surface area contributed by atoms with Crippen LogP contribution in [0.25, 0.3) is 11.1 Å². The molecule has 0 aromatic heterocycles. The summed E-state index contributed by atoms with van der Waals surface area (Å²) in [6, 6.07) is 14.4. The van der Waals surface area contributed by atoms with Crippen molar-refractivity contribution >= 4 is 18.0 Å². The Morgan fingerprint density at radius 2 is 1.65 bits per heavy atom. The average Bonchev–Trinajstić information content (AvgIpc) is 3.37. The molecule has 34 heavy (non-hydrogen) atoms. The van der Waals surface area contributed by atoms with Crippen molar-refractivity contribution in [1.29, 1.82) is 0 Å². The molecule has 1 heterocycles. The second kappa shape index (κ2) is 9.46. The lowest BCUT2D eigenvalue weighted by molar-refractivity contribution is -0.147. The van der Waals surface area contributed by atoms with E-state index in [-0.39, 0.29) is 19.1 Å². The number of carboxylic acid groups (broad SMARTS) is 1. The van der Waals surface area contributed by atoms with Gasteiger partial charge in [0.25, 0.3) is 5.91 Å². The lowest BCUT2D eigenvalue weighted by atomic mass is 9.86. The van der Waals surface area contributed by atoms with Crippen molar-refractivity contribution in [3.8, 4) is 11.1 Å². The number of ether oxygens (including phenoxy) is 2. The number of amides is 2. The Morgan fingerprint density at radius 3 is 2.21 bits per heavy atom. The SMILES string of the molecule is CC(C)(C)[C@@H](NC(=O)C1OCCC1NC(=O)OCC1c2ccccc2-c2ccccc21)C(=O)O. The molecule has 3 N–H and O–H groups in total. The zero-order valence-corrected chi connectivity index (χ0v) is 19.5. The van der Waals surface area contributed by atoms with Gasteiger partial charge in [0.15, 0.2) is 6.10 Å². The van der Waals surface area contributed by atoms with Gasteiger partial charge in [-0.05, 0) is 34.1 Å². The molecular weight excluding hydrogens is 436 g/mol. The zero-order valence-electron chi connectivity index (χ0n) is 19.5. The Labute approximate surface area is 198 Å². The number of carbonyl (C=O) groups excluding carboxylic acids is 2. The number of rotatable bonds is 6. The Bertz CT molecular complexity index is 1050. The third kappa shape index (κ3) is 4.77. The average molecular weight is 467 g/mol. The van der Waals surface area contributed by atoms with Gasteiger partial charge in [-0.15, -0.1) is 0 Å². The molecule has 0 radical (unpaired) electrons. The van der Waals surface area contributed by atoms with Crippen LogP contribution >= 0.6 is 0 Å². The molecule has 8 nitrogen and oxygen atoms in total. The molecule has 0 saturated carbocycles. The Morgan fingerprint density at radius 1 is 1.06 bits per heavy atom. The maximum Gasteiger partial charge on any atom is 0.407 e. The fourth-order valence-corrected chi connectivity index (χ4v) is 4.66. The molecule has 3 atom stereocenters. The third-order valence-corrected chi connectivity index (χ3v) is 6.40. The first-order valence-corrected chi connectivity index (χ1v) is 11.4. The van der Waals surface area contributed by atoms with E-state index in [9.17, 15) is 19.5 Å². The van der Waals surface area contributed by atoms with E-state index in [4.69, 9.17) is 9.47 Å². The van der Waals surface area contributed by atoms with Gasteiger partial charge >= 0.3 is 12.1 Å². The number of alkyl carbamates (subject to hydrolysis) is 1. The van der Waals surface area contributed by atoms with E-state index >= 15 is 0 Å². The first kappa shape index (κ1) is 23.8. The molecule has 4 rings (SSSR count). The Kier molecular flexibility index (Phi) is 6.61. The minimum Gasteiger partial charge on any atom is -0.480 e. The molecule has 180 valence electrons. The van der Waals surface area contributed by atoms with Gasteiger partial charge in [-0.25, -0.2) is 9.59 Å². The van der Waals surface area contributed by atoms with Gasteiger partial charge in [-0.1, -0.05) is 69.3 Å². The standard InChI is InChI=1S/C26H30N2O6/c1-26(2,3)22(24(30)31)28-23(29)21-20(12-13-33-21)27-25(32)34-14-19-17-10-6-4-8-15(17)16-9-5-7-11-18(16)19/h4-11,19-22H,12-14H2,1-3H3,(H,27,32)(H,28,29)(H,30,31)/t20?,21?,22-/m0/s1. The highest BCUT2D eigenvalue weighted by molar-refractivity contribution is 5.88. The molecule has 1 saturated heterocycles. The summed E-state index contributed by atoms with van der Waals surface area (Å²) in [6.07, 6.45) is -1.19. The van der Waals surface area contributed by atoms with Crippen molar-refractivity contribution < 1.29 is 29.0 Å². The van der Waals surface area contributed by atoms with Gasteiger partial charge in [0, 0.05) is 12.5 Å². The van der Waals surface area contributed by atoms with E-state index in [2.05, 4.69) is 22.8 Å². The molecular formula is C26H30N2O6. The van der Waals surface area contributed by atoms with Crippen LogP contribution in [0.4, 0.5) is 4.79 Å². The predicted molar refractivity (Wildman–Crippen MR) is 125 cm³/mol. The minimum absolute atomic E-state index is 0.0693. The fourth-order valence-electron chi connectivity index (χ4n) is 4.66. The summed E-state index contributed by atoms with van der Waals surface area (Å²) in [7, 11) is 0. The van der Waals surface area contributed by atoms with E-state index in [1.807, 2.05) is 36.4 Å². The van der Waals surface area contributed by atoms with E-state index in [1.54, 1.807) is 20.8 Å². The maximum atomic E-state index is 12.7. The van der Waals surface area contributed by atoms with Gasteiger partial charge in [0.2, 0.25) is 0 Å². The highest BCUT2D eigenvalue weighted by atomic mass is 16.6. The van der Waals surface area contributed by atoms with Gasteiger partial charge < -0.3 is 25.2 Å². The van der Waals surface area contributed by atoms with Crippen molar-refractivity contribution in [2.75, 3.05) is 13.2 Å².